The van der Waals surface area contributed by atoms with Gasteiger partial charge in [-0.05, 0) is 25.7 Å². The molecule has 1 aliphatic heterocycles. The number of carbonyl (C=O) groups excluding carboxylic acids is 2. The Hall–Kier alpha value is -1.11. The summed E-state index contributed by atoms with van der Waals surface area (Å²) in [6, 6.07) is -1.03. The van der Waals surface area contributed by atoms with E-state index in [2.05, 4.69) is 5.32 Å². The fourth-order valence-corrected chi connectivity index (χ4v) is 3.01. The summed E-state index contributed by atoms with van der Waals surface area (Å²) in [6.07, 6.45) is 2.12. The van der Waals surface area contributed by atoms with Gasteiger partial charge in [-0.1, -0.05) is 13.8 Å². The molecule has 1 rings (SSSR count). The number of amides is 2. The molecule has 0 aromatic rings. The van der Waals surface area contributed by atoms with Crippen molar-refractivity contribution in [3.63, 3.8) is 0 Å². The van der Waals surface area contributed by atoms with Crippen molar-refractivity contribution >= 4 is 21.7 Å². The average Bonchev–Trinajstić information content (AvgIpc) is 2.28. The van der Waals surface area contributed by atoms with E-state index >= 15 is 0 Å². The predicted molar refractivity (Wildman–Crippen MR) is 76.9 cm³/mol. The molecular formula is C13H24N2O4S. The largest absolute Gasteiger partial charge is 0.343 e. The first kappa shape index (κ1) is 16.9. The summed E-state index contributed by atoms with van der Waals surface area (Å²) in [5.74, 6) is 0.0273. The molecule has 7 heteroatoms. The normalized spacial score (nSPS) is 24.1. The molecule has 0 radical (unpaired) electrons. The lowest BCUT2D eigenvalue weighted by atomic mass is 9.98. The summed E-state index contributed by atoms with van der Waals surface area (Å²) >= 11 is 0. The number of nitrogens with zero attached hydrogens (tertiary/aromatic N) is 1. The smallest absolute Gasteiger partial charge is 0.245 e. The van der Waals surface area contributed by atoms with Gasteiger partial charge in [0.2, 0.25) is 11.8 Å². The molecule has 116 valence electrons. The quantitative estimate of drug-likeness (QED) is 0.759. The Morgan fingerprint density at radius 2 is 1.90 bits per heavy atom. The van der Waals surface area contributed by atoms with Gasteiger partial charge in [-0.3, -0.25) is 9.59 Å². The van der Waals surface area contributed by atoms with Crippen LogP contribution in [-0.2, 0) is 19.4 Å². The van der Waals surface area contributed by atoms with Crippen LogP contribution in [0.3, 0.4) is 0 Å². The third kappa shape index (κ3) is 4.77. The summed E-state index contributed by atoms with van der Waals surface area (Å²) in [5, 5.41) is 2.67. The topological polar surface area (TPSA) is 83.6 Å². The number of hydrogen-bond donors (Lipinski definition) is 1. The fraction of sp³-hybridized carbons (Fsp3) is 0.846. The third-order valence-corrected chi connectivity index (χ3v) is 4.33. The van der Waals surface area contributed by atoms with Crippen molar-refractivity contribution in [1.29, 1.82) is 0 Å². The van der Waals surface area contributed by atoms with Crippen LogP contribution < -0.4 is 5.32 Å². The van der Waals surface area contributed by atoms with E-state index in [0.29, 0.717) is 19.4 Å². The molecule has 0 spiro atoms. The molecule has 1 heterocycles. The van der Waals surface area contributed by atoms with E-state index in [1.807, 2.05) is 13.8 Å². The molecule has 0 aliphatic carbocycles. The average molecular weight is 304 g/mol. The Bertz CT molecular complexity index is 473. The molecule has 1 N–H and O–H groups in total. The summed E-state index contributed by atoms with van der Waals surface area (Å²) in [4.78, 5) is 25.7. The second-order valence-corrected chi connectivity index (χ2v) is 8.15. The minimum absolute atomic E-state index is 0.0289. The molecular weight excluding hydrogens is 280 g/mol. The highest BCUT2D eigenvalue weighted by Crippen LogP contribution is 2.18. The minimum Gasteiger partial charge on any atom is -0.343 e. The Morgan fingerprint density at radius 3 is 2.40 bits per heavy atom. The lowest BCUT2D eigenvalue weighted by Crippen LogP contribution is -2.62. The first-order chi connectivity index (χ1) is 9.11. The summed E-state index contributed by atoms with van der Waals surface area (Å²) in [7, 11) is -3.05. The van der Waals surface area contributed by atoms with Crippen molar-refractivity contribution in [2.45, 2.75) is 45.7 Å². The molecule has 0 aromatic heterocycles. The van der Waals surface area contributed by atoms with Crippen LogP contribution in [0.15, 0.2) is 0 Å². The van der Waals surface area contributed by atoms with Gasteiger partial charge in [0.15, 0.2) is 0 Å². The van der Waals surface area contributed by atoms with Crippen LogP contribution in [0.5, 0.6) is 0 Å². The third-order valence-electron chi connectivity index (χ3n) is 3.30. The molecule has 1 saturated heterocycles. The van der Waals surface area contributed by atoms with E-state index in [9.17, 15) is 18.0 Å². The van der Waals surface area contributed by atoms with Crippen LogP contribution in [0.4, 0.5) is 0 Å². The van der Waals surface area contributed by atoms with Crippen molar-refractivity contribution in [2.75, 3.05) is 18.6 Å². The molecule has 6 nitrogen and oxygen atoms in total. The Labute approximate surface area is 120 Å². The predicted octanol–water partition coefficient (Wildman–Crippen LogP) is 0.183. The first-order valence-electron chi connectivity index (χ1n) is 6.90. The van der Waals surface area contributed by atoms with Crippen LogP contribution >= 0.6 is 0 Å². The lowest BCUT2D eigenvalue weighted by molar-refractivity contribution is -0.149. The second kappa shape index (κ2) is 6.56. The van der Waals surface area contributed by atoms with E-state index < -0.39 is 21.9 Å². The Morgan fingerprint density at radius 1 is 1.30 bits per heavy atom. The molecule has 0 saturated carbocycles. The van der Waals surface area contributed by atoms with Crippen molar-refractivity contribution in [3.05, 3.63) is 0 Å². The lowest BCUT2D eigenvalue weighted by Gasteiger charge is -2.38. The van der Waals surface area contributed by atoms with Gasteiger partial charge < -0.3 is 10.2 Å². The van der Waals surface area contributed by atoms with Gasteiger partial charge in [0.25, 0.3) is 0 Å². The van der Waals surface area contributed by atoms with Gasteiger partial charge in [0, 0.05) is 12.8 Å². The van der Waals surface area contributed by atoms with Crippen LogP contribution in [-0.4, -0.2) is 55.8 Å². The van der Waals surface area contributed by atoms with Gasteiger partial charge in [-0.25, -0.2) is 8.42 Å². The number of piperazine rings is 1. The summed E-state index contributed by atoms with van der Waals surface area (Å²) in [5.41, 5.74) is 0. The molecule has 0 bridgehead atoms. The summed E-state index contributed by atoms with van der Waals surface area (Å²) < 4.78 is 22.3. The highest BCUT2D eigenvalue weighted by atomic mass is 32.2. The molecule has 1 aliphatic rings. The van der Waals surface area contributed by atoms with Crippen LogP contribution in [0.1, 0.15) is 33.6 Å². The number of sulfone groups is 1. The zero-order valence-electron chi connectivity index (χ0n) is 12.5. The number of rotatable bonds is 6. The van der Waals surface area contributed by atoms with Crippen molar-refractivity contribution in [2.24, 2.45) is 5.92 Å². The Kier molecular flexibility index (Phi) is 5.56. The van der Waals surface area contributed by atoms with E-state index in [0.717, 1.165) is 0 Å². The molecule has 2 amide bonds. The SMILES string of the molecule is CC(C)CC1C(=O)NC(C)C(=O)N1CCCS(C)(=O)=O. The van der Waals surface area contributed by atoms with Crippen LogP contribution in [0.25, 0.3) is 0 Å². The molecule has 1 fully saturated rings. The van der Waals surface area contributed by atoms with Gasteiger partial charge in [0.05, 0.1) is 5.75 Å². The highest BCUT2D eigenvalue weighted by Gasteiger charge is 2.38. The molecule has 2 atom stereocenters. The summed E-state index contributed by atoms with van der Waals surface area (Å²) in [6.45, 7) is 5.94. The van der Waals surface area contributed by atoms with Crippen molar-refractivity contribution in [3.8, 4) is 0 Å². The molecule has 2 unspecified atom stereocenters. The maximum Gasteiger partial charge on any atom is 0.245 e. The van der Waals surface area contributed by atoms with Crippen molar-refractivity contribution < 1.29 is 18.0 Å². The first-order valence-corrected chi connectivity index (χ1v) is 8.96. The van der Waals surface area contributed by atoms with Gasteiger partial charge in [-0.15, -0.1) is 0 Å². The highest BCUT2D eigenvalue weighted by molar-refractivity contribution is 7.90. The standard InChI is InChI=1S/C13H24N2O4S/c1-9(2)8-11-12(16)14-10(3)13(17)15(11)6-5-7-20(4,18)19/h9-11H,5-8H2,1-4H3,(H,14,16). The second-order valence-electron chi connectivity index (χ2n) is 5.89. The van der Waals surface area contributed by atoms with Gasteiger partial charge >= 0.3 is 0 Å². The minimum atomic E-state index is -3.05. The van der Waals surface area contributed by atoms with E-state index in [1.54, 1.807) is 6.92 Å². The van der Waals surface area contributed by atoms with E-state index in [4.69, 9.17) is 0 Å². The van der Waals surface area contributed by atoms with Gasteiger partial charge in [0.1, 0.15) is 21.9 Å². The van der Waals surface area contributed by atoms with E-state index in [-0.39, 0.29) is 23.5 Å². The molecule has 0 aromatic carbocycles. The zero-order chi connectivity index (χ0) is 15.5. The Balaban J connectivity index is 2.77. The maximum atomic E-state index is 12.2. The van der Waals surface area contributed by atoms with Crippen LogP contribution in [0, 0.1) is 5.92 Å². The van der Waals surface area contributed by atoms with Crippen LogP contribution in [0.2, 0.25) is 0 Å². The number of carbonyl (C=O) groups is 2. The number of nitrogens with one attached hydrogen (secondary N) is 1. The zero-order valence-corrected chi connectivity index (χ0v) is 13.4. The van der Waals surface area contributed by atoms with E-state index in [1.165, 1.54) is 11.2 Å². The number of hydrogen-bond acceptors (Lipinski definition) is 4. The monoisotopic (exact) mass is 304 g/mol. The van der Waals surface area contributed by atoms with Crippen molar-refractivity contribution in [1.82, 2.24) is 10.2 Å². The van der Waals surface area contributed by atoms with Gasteiger partial charge in [-0.2, -0.15) is 0 Å². The maximum absolute atomic E-state index is 12.2. The fourth-order valence-electron chi connectivity index (χ4n) is 2.36. The molecule has 20 heavy (non-hydrogen) atoms.